The van der Waals surface area contributed by atoms with Crippen LogP contribution in [0.1, 0.15) is 31.7 Å². The Balaban J connectivity index is 3.19. The first-order valence-corrected chi connectivity index (χ1v) is 6.76. The predicted molar refractivity (Wildman–Crippen MR) is 72.2 cm³/mol. The molecule has 0 amide bonds. The lowest BCUT2D eigenvalue weighted by Gasteiger charge is -2.17. The molecule has 1 rings (SSSR count). The first-order chi connectivity index (χ1) is 7.47. The lowest BCUT2D eigenvalue weighted by molar-refractivity contribution is -0.385. The van der Waals surface area contributed by atoms with Crippen molar-refractivity contribution in [2.75, 3.05) is 0 Å². The van der Waals surface area contributed by atoms with Gasteiger partial charge in [0.15, 0.2) is 0 Å². The summed E-state index contributed by atoms with van der Waals surface area (Å²) in [4.78, 5) is 10.8. The van der Waals surface area contributed by atoms with E-state index in [9.17, 15) is 10.1 Å². The van der Waals surface area contributed by atoms with Crippen molar-refractivity contribution < 1.29 is 4.92 Å². The van der Waals surface area contributed by atoms with E-state index in [-0.39, 0.29) is 21.4 Å². The van der Waals surface area contributed by atoms with Crippen LogP contribution in [0.2, 0.25) is 0 Å². The van der Waals surface area contributed by atoms with Crippen LogP contribution in [-0.4, -0.2) is 9.75 Å². The minimum absolute atomic E-state index is 0.114. The molecule has 2 atom stereocenters. The van der Waals surface area contributed by atoms with Crippen LogP contribution in [-0.2, 0) is 0 Å². The zero-order chi connectivity index (χ0) is 12.3. The standard InChI is InChI=1S/C11H13Br2NO2/c1-3-10(13)7(2)9-6-8(12)4-5-11(9)14(15)16/h4-7,10H,3H2,1-2H3. The zero-order valence-electron chi connectivity index (χ0n) is 9.11. The highest BCUT2D eigenvalue weighted by atomic mass is 79.9. The molecule has 1 aromatic rings. The summed E-state index contributed by atoms with van der Waals surface area (Å²) in [5, 5.41) is 10.9. The lowest BCUT2D eigenvalue weighted by Crippen LogP contribution is -2.10. The summed E-state index contributed by atoms with van der Waals surface area (Å²) in [5.74, 6) is 0.114. The van der Waals surface area contributed by atoms with Crippen LogP contribution in [0.25, 0.3) is 0 Å². The summed E-state index contributed by atoms with van der Waals surface area (Å²) in [6.45, 7) is 4.05. The van der Waals surface area contributed by atoms with Gasteiger partial charge in [-0.1, -0.05) is 45.7 Å². The van der Waals surface area contributed by atoms with Crippen LogP contribution in [0.4, 0.5) is 5.69 Å². The van der Waals surface area contributed by atoms with Crippen molar-refractivity contribution in [1.82, 2.24) is 0 Å². The Bertz CT molecular complexity index is 396. The van der Waals surface area contributed by atoms with Crippen LogP contribution < -0.4 is 0 Å². The third-order valence-electron chi connectivity index (χ3n) is 2.61. The summed E-state index contributed by atoms with van der Waals surface area (Å²) in [6.07, 6.45) is 0.935. The van der Waals surface area contributed by atoms with Crippen molar-refractivity contribution in [2.45, 2.75) is 31.0 Å². The Labute approximate surface area is 112 Å². The molecule has 0 spiro atoms. The zero-order valence-corrected chi connectivity index (χ0v) is 12.3. The van der Waals surface area contributed by atoms with E-state index < -0.39 is 0 Å². The van der Waals surface area contributed by atoms with Gasteiger partial charge in [0.1, 0.15) is 0 Å². The Morgan fingerprint density at radius 1 is 1.50 bits per heavy atom. The van der Waals surface area contributed by atoms with Crippen LogP contribution in [0.15, 0.2) is 22.7 Å². The Hall–Kier alpha value is -0.420. The minimum atomic E-state index is -0.326. The Kier molecular flexibility index (Phi) is 4.92. The molecule has 0 radical (unpaired) electrons. The topological polar surface area (TPSA) is 43.1 Å². The normalized spacial score (nSPS) is 14.5. The summed E-state index contributed by atoms with van der Waals surface area (Å²) in [5.41, 5.74) is 0.955. The Morgan fingerprint density at radius 2 is 2.12 bits per heavy atom. The van der Waals surface area contributed by atoms with Crippen molar-refractivity contribution in [2.24, 2.45) is 0 Å². The van der Waals surface area contributed by atoms with E-state index in [1.807, 2.05) is 13.0 Å². The van der Waals surface area contributed by atoms with Gasteiger partial charge in [-0.15, -0.1) is 0 Å². The molecule has 0 aromatic heterocycles. The van der Waals surface area contributed by atoms with Crippen molar-refractivity contribution >= 4 is 37.5 Å². The molecular weight excluding hydrogens is 338 g/mol. The molecular formula is C11H13Br2NO2. The van der Waals surface area contributed by atoms with Crippen molar-refractivity contribution in [3.05, 3.63) is 38.3 Å². The molecule has 0 N–H and O–H groups in total. The second-order valence-electron chi connectivity index (χ2n) is 3.67. The fourth-order valence-corrected chi connectivity index (χ4v) is 2.27. The minimum Gasteiger partial charge on any atom is -0.258 e. The smallest absolute Gasteiger partial charge is 0.258 e. The SMILES string of the molecule is CCC(Br)C(C)c1cc(Br)ccc1[N+](=O)[O-]. The van der Waals surface area contributed by atoms with Gasteiger partial charge < -0.3 is 0 Å². The van der Waals surface area contributed by atoms with Crippen LogP contribution >= 0.6 is 31.9 Å². The van der Waals surface area contributed by atoms with Crippen molar-refractivity contribution in [3.63, 3.8) is 0 Å². The third kappa shape index (κ3) is 3.04. The van der Waals surface area contributed by atoms with Gasteiger partial charge in [-0.2, -0.15) is 0 Å². The molecule has 1 aromatic carbocycles. The number of alkyl halides is 1. The summed E-state index contributed by atoms with van der Waals surface area (Å²) in [6, 6.07) is 5.07. The maximum absolute atomic E-state index is 10.9. The number of rotatable bonds is 4. The van der Waals surface area contributed by atoms with Crippen LogP contribution in [0.3, 0.4) is 0 Å². The molecule has 88 valence electrons. The summed E-state index contributed by atoms with van der Waals surface area (Å²) < 4.78 is 0.871. The first kappa shape index (κ1) is 13.6. The first-order valence-electron chi connectivity index (χ1n) is 5.05. The molecule has 5 heteroatoms. The van der Waals surface area contributed by atoms with E-state index >= 15 is 0 Å². The third-order valence-corrected chi connectivity index (χ3v) is 4.54. The lowest BCUT2D eigenvalue weighted by atomic mass is 9.95. The fourth-order valence-electron chi connectivity index (χ4n) is 1.60. The van der Waals surface area contributed by atoms with Crippen LogP contribution in [0, 0.1) is 10.1 Å². The second-order valence-corrected chi connectivity index (χ2v) is 5.76. The van der Waals surface area contributed by atoms with E-state index in [0.29, 0.717) is 0 Å². The number of hydrogen-bond acceptors (Lipinski definition) is 2. The monoisotopic (exact) mass is 349 g/mol. The number of hydrogen-bond donors (Lipinski definition) is 0. The molecule has 0 bridgehead atoms. The fraction of sp³-hybridized carbons (Fsp3) is 0.455. The highest BCUT2D eigenvalue weighted by molar-refractivity contribution is 9.10. The number of benzene rings is 1. The number of nitrogens with zero attached hydrogens (tertiary/aromatic N) is 1. The molecule has 0 saturated heterocycles. The molecule has 0 fully saturated rings. The van der Waals surface area contributed by atoms with Gasteiger partial charge in [0.2, 0.25) is 0 Å². The average Bonchev–Trinajstić information content (AvgIpc) is 2.26. The number of nitro benzene ring substituents is 1. The molecule has 0 saturated carbocycles. The molecule has 2 unspecified atom stereocenters. The second kappa shape index (κ2) is 5.77. The molecule has 0 aliphatic heterocycles. The largest absolute Gasteiger partial charge is 0.272 e. The molecule has 0 heterocycles. The molecule has 3 nitrogen and oxygen atoms in total. The number of halogens is 2. The highest BCUT2D eigenvalue weighted by Crippen LogP contribution is 2.34. The van der Waals surface area contributed by atoms with Gasteiger partial charge in [0, 0.05) is 26.8 Å². The molecule has 0 aliphatic rings. The van der Waals surface area contributed by atoms with E-state index in [4.69, 9.17) is 0 Å². The Morgan fingerprint density at radius 3 is 2.62 bits per heavy atom. The van der Waals surface area contributed by atoms with E-state index in [2.05, 4.69) is 38.8 Å². The van der Waals surface area contributed by atoms with Gasteiger partial charge in [-0.25, -0.2) is 0 Å². The molecule has 0 aliphatic carbocycles. The van der Waals surface area contributed by atoms with Gasteiger partial charge in [0.25, 0.3) is 5.69 Å². The summed E-state index contributed by atoms with van der Waals surface area (Å²) in [7, 11) is 0. The van der Waals surface area contributed by atoms with Gasteiger partial charge >= 0.3 is 0 Å². The van der Waals surface area contributed by atoms with Gasteiger partial charge in [-0.05, 0) is 18.6 Å². The van der Waals surface area contributed by atoms with Crippen molar-refractivity contribution in [3.8, 4) is 0 Å². The average molecular weight is 351 g/mol. The highest BCUT2D eigenvalue weighted by Gasteiger charge is 2.23. The maximum atomic E-state index is 10.9. The van der Waals surface area contributed by atoms with Crippen LogP contribution in [0.5, 0.6) is 0 Å². The van der Waals surface area contributed by atoms with E-state index in [1.165, 1.54) is 0 Å². The van der Waals surface area contributed by atoms with Crippen molar-refractivity contribution in [1.29, 1.82) is 0 Å². The predicted octanol–water partition coefficient (Wildman–Crippen LogP) is 4.63. The van der Waals surface area contributed by atoms with E-state index in [1.54, 1.807) is 12.1 Å². The summed E-state index contributed by atoms with van der Waals surface area (Å²) >= 11 is 6.90. The van der Waals surface area contributed by atoms with Gasteiger partial charge in [0.05, 0.1) is 4.92 Å². The molecule has 16 heavy (non-hydrogen) atoms. The van der Waals surface area contributed by atoms with E-state index in [0.717, 1.165) is 16.5 Å². The quantitative estimate of drug-likeness (QED) is 0.451. The number of nitro groups is 1. The maximum Gasteiger partial charge on any atom is 0.272 e. The van der Waals surface area contributed by atoms with Gasteiger partial charge in [-0.3, -0.25) is 10.1 Å².